The lowest BCUT2D eigenvalue weighted by Gasteiger charge is -2.45. The summed E-state index contributed by atoms with van der Waals surface area (Å²) >= 11 is 12.5. The van der Waals surface area contributed by atoms with Crippen molar-refractivity contribution in [2.45, 2.75) is 44.2 Å². The first-order chi connectivity index (χ1) is 17.2. The summed E-state index contributed by atoms with van der Waals surface area (Å²) in [5.74, 6) is -1.42. The van der Waals surface area contributed by atoms with Crippen LogP contribution in [0, 0.1) is 17.8 Å². The van der Waals surface area contributed by atoms with Crippen molar-refractivity contribution in [3.05, 3.63) is 69.7 Å². The summed E-state index contributed by atoms with van der Waals surface area (Å²) in [6.07, 6.45) is 1.13. The van der Waals surface area contributed by atoms with Crippen LogP contribution in [0.1, 0.15) is 36.8 Å². The largest absolute Gasteiger partial charge is 0.481 e. The van der Waals surface area contributed by atoms with E-state index < -0.39 is 11.9 Å². The van der Waals surface area contributed by atoms with Gasteiger partial charge in [-0.3, -0.25) is 14.5 Å². The van der Waals surface area contributed by atoms with Crippen LogP contribution >= 0.6 is 23.2 Å². The highest BCUT2D eigenvalue weighted by Gasteiger charge is 2.43. The molecule has 2 heterocycles. The number of carboxylic acid groups (broad SMARTS) is 1. The zero-order chi connectivity index (χ0) is 25.8. The van der Waals surface area contributed by atoms with Gasteiger partial charge >= 0.3 is 5.97 Å². The van der Waals surface area contributed by atoms with Gasteiger partial charge in [0, 0.05) is 34.5 Å². The monoisotopic (exact) mass is 532 g/mol. The van der Waals surface area contributed by atoms with Gasteiger partial charge in [0.05, 0.1) is 25.7 Å². The average molecular weight is 533 g/mol. The molecular weight excluding hydrogens is 499 g/mol. The number of carboxylic acids is 1. The Bertz CT molecular complexity index is 1060. The van der Waals surface area contributed by atoms with Crippen LogP contribution in [0.25, 0.3) is 0 Å². The van der Waals surface area contributed by atoms with Crippen LogP contribution in [0.5, 0.6) is 0 Å². The van der Waals surface area contributed by atoms with E-state index in [1.54, 1.807) is 0 Å². The Hall–Kier alpha value is -2.12. The van der Waals surface area contributed by atoms with Crippen molar-refractivity contribution in [2.75, 3.05) is 26.8 Å². The van der Waals surface area contributed by atoms with Gasteiger partial charge in [0.15, 0.2) is 0 Å². The highest BCUT2D eigenvalue weighted by molar-refractivity contribution is 6.30. The highest BCUT2D eigenvalue weighted by atomic mass is 35.5. The van der Waals surface area contributed by atoms with E-state index in [4.69, 9.17) is 27.9 Å². The second-order valence-electron chi connectivity index (χ2n) is 10.3. The van der Waals surface area contributed by atoms with E-state index in [9.17, 15) is 14.7 Å². The zero-order valence-electron chi connectivity index (χ0n) is 20.7. The molecule has 8 heteroatoms. The third-order valence-corrected chi connectivity index (χ3v) is 8.24. The first-order valence-corrected chi connectivity index (χ1v) is 13.3. The molecule has 0 spiro atoms. The molecular formula is C28H34Cl2N2O4. The lowest BCUT2D eigenvalue weighted by molar-refractivity contribution is -0.143. The maximum absolute atomic E-state index is 13.1. The summed E-state index contributed by atoms with van der Waals surface area (Å²) in [5, 5.41) is 14.0. The minimum atomic E-state index is -0.962. The minimum Gasteiger partial charge on any atom is -0.481 e. The number of hydrogen-bond donors (Lipinski definition) is 2. The summed E-state index contributed by atoms with van der Waals surface area (Å²) in [6.45, 7) is 4.44. The SMILES string of the molecule is C[C@@H](Cc1ccc(Cl)cc1)C(CN(C)C1COC1)[C@H]1NC(=O)[C@@H](CC(=O)O)C[C@@H]1c1cccc(Cl)c1. The van der Waals surface area contributed by atoms with Crippen molar-refractivity contribution in [1.29, 1.82) is 0 Å². The fourth-order valence-corrected chi connectivity index (χ4v) is 5.89. The second-order valence-corrected chi connectivity index (χ2v) is 11.2. The third-order valence-electron chi connectivity index (χ3n) is 7.76. The third kappa shape index (κ3) is 6.60. The molecule has 5 atom stereocenters. The van der Waals surface area contributed by atoms with E-state index in [0.29, 0.717) is 35.7 Å². The fraction of sp³-hybridized carbons (Fsp3) is 0.500. The lowest BCUT2D eigenvalue weighted by Crippen LogP contribution is -2.57. The van der Waals surface area contributed by atoms with Crippen molar-refractivity contribution >= 4 is 35.1 Å². The number of halogens is 2. The summed E-state index contributed by atoms with van der Waals surface area (Å²) in [7, 11) is 2.11. The number of piperidine rings is 1. The van der Waals surface area contributed by atoms with E-state index in [2.05, 4.69) is 36.3 Å². The first kappa shape index (κ1) is 26.9. The van der Waals surface area contributed by atoms with E-state index in [1.807, 2.05) is 36.4 Å². The van der Waals surface area contributed by atoms with Crippen LogP contribution in [-0.4, -0.2) is 60.8 Å². The van der Waals surface area contributed by atoms with Gasteiger partial charge in [0.25, 0.3) is 0 Å². The summed E-state index contributed by atoms with van der Waals surface area (Å²) in [5.41, 5.74) is 2.22. The molecule has 2 N–H and O–H groups in total. The van der Waals surface area contributed by atoms with Crippen LogP contribution in [0.15, 0.2) is 48.5 Å². The summed E-state index contributed by atoms with van der Waals surface area (Å²) < 4.78 is 5.43. The molecule has 0 radical (unpaired) electrons. The Balaban J connectivity index is 1.66. The number of hydrogen-bond acceptors (Lipinski definition) is 4. The minimum absolute atomic E-state index is 0.0468. The molecule has 0 aliphatic carbocycles. The van der Waals surface area contributed by atoms with E-state index >= 15 is 0 Å². The lowest BCUT2D eigenvalue weighted by atomic mass is 9.70. The van der Waals surface area contributed by atoms with Gasteiger partial charge in [0.1, 0.15) is 0 Å². The van der Waals surface area contributed by atoms with Gasteiger partial charge in [-0.15, -0.1) is 0 Å². The topological polar surface area (TPSA) is 78.9 Å². The van der Waals surface area contributed by atoms with Crippen LogP contribution in [0.2, 0.25) is 10.0 Å². The molecule has 1 unspecified atom stereocenters. The van der Waals surface area contributed by atoms with Crippen molar-refractivity contribution in [3.63, 3.8) is 0 Å². The van der Waals surface area contributed by atoms with Gasteiger partial charge in [-0.25, -0.2) is 0 Å². The Morgan fingerprint density at radius 2 is 1.89 bits per heavy atom. The number of rotatable bonds is 10. The molecule has 0 saturated carbocycles. The maximum atomic E-state index is 13.1. The molecule has 6 nitrogen and oxygen atoms in total. The molecule has 2 aromatic rings. The molecule has 194 valence electrons. The number of carbonyl (C=O) groups is 2. The Labute approximate surface area is 222 Å². The van der Waals surface area contributed by atoms with Gasteiger partial charge < -0.3 is 15.2 Å². The number of nitrogens with one attached hydrogen (secondary N) is 1. The number of benzene rings is 2. The number of likely N-dealkylation sites (N-methyl/N-ethyl adjacent to an activating group) is 1. The van der Waals surface area contributed by atoms with Crippen molar-refractivity contribution in [2.24, 2.45) is 17.8 Å². The average Bonchev–Trinajstić information content (AvgIpc) is 2.78. The quantitative estimate of drug-likeness (QED) is 0.455. The maximum Gasteiger partial charge on any atom is 0.304 e. The van der Waals surface area contributed by atoms with Crippen LogP contribution in [0.4, 0.5) is 0 Å². The standard InChI is InChI=1S/C28H34Cl2N2O4/c1-17(10-18-6-8-21(29)9-7-18)25(14-32(2)23-15-36-16-23)27-24(19-4-3-5-22(30)11-19)12-20(13-26(33)34)28(35)31-27/h3-9,11,17,20,23-25,27H,10,12-16H2,1-2H3,(H,31,35)(H,33,34)/t17-,20+,24+,25?,27-/m0/s1. The predicted molar refractivity (Wildman–Crippen MR) is 142 cm³/mol. The molecule has 0 aromatic heterocycles. The van der Waals surface area contributed by atoms with Crippen molar-refractivity contribution in [1.82, 2.24) is 10.2 Å². The van der Waals surface area contributed by atoms with Crippen molar-refractivity contribution in [3.8, 4) is 0 Å². The van der Waals surface area contributed by atoms with E-state index in [0.717, 1.165) is 18.5 Å². The molecule has 2 fully saturated rings. The van der Waals surface area contributed by atoms with E-state index in [-0.39, 0.29) is 36.1 Å². The second kappa shape index (κ2) is 12.0. The Kier molecular flexibility index (Phi) is 8.94. The zero-order valence-corrected chi connectivity index (χ0v) is 22.2. The van der Waals surface area contributed by atoms with Crippen LogP contribution < -0.4 is 5.32 Å². The summed E-state index contributed by atoms with van der Waals surface area (Å²) in [4.78, 5) is 27.0. The molecule has 4 rings (SSSR count). The normalized spacial score (nSPS) is 24.1. The highest BCUT2D eigenvalue weighted by Crippen LogP contribution is 2.40. The summed E-state index contributed by atoms with van der Waals surface area (Å²) in [6, 6.07) is 15.8. The van der Waals surface area contributed by atoms with Crippen LogP contribution in [-0.2, 0) is 20.7 Å². The number of aliphatic carboxylic acids is 1. The smallest absolute Gasteiger partial charge is 0.304 e. The Morgan fingerprint density at radius 3 is 2.50 bits per heavy atom. The van der Waals surface area contributed by atoms with Gasteiger partial charge in [-0.2, -0.15) is 0 Å². The fourth-order valence-electron chi connectivity index (χ4n) is 5.57. The Morgan fingerprint density at radius 1 is 1.17 bits per heavy atom. The predicted octanol–water partition coefficient (Wildman–Crippen LogP) is 4.88. The van der Waals surface area contributed by atoms with E-state index in [1.165, 1.54) is 5.56 Å². The van der Waals surface area contributed by atoms with Gasteiger partial charge in [-0.05, 0) is 67.1 Å². The molecule has 2 aliphatic heterocycles. The number of amides is 1. The van der Waals surface area contributed by atoms with Gasteiger partial charge in [-0.1, -0.05) is 54.4 Å². The number of nitrogens with zero attached hydrogens (tertiary/aromatic N) is 1. The molecule has 1 amide bonds. The molecule has 2 saturated heterocycles. The molecule has 2 aliphatic rings. The van der Waals surface area contributed by atoms with Gasteiger partial charge in [0.2, 0.25) is 5.91 Å². The first-order valence-electron chi connectivity index (χ1n) is 12.5. The van der Waals surface area contributed by atoms with Crippen molar-refractivity contribution < 1.29 is 19.4 Å². The molecule has 36 heavy (non-hydrogen) atoms. The molecule has 2 aromatic carbocycles. The van der Waals surface area contributed by atoms with Crippen LogP contribution in [0.3, 0.4) is 0 Å². The molecule has 0 bridgehead atoms. The number of carbonyl (C=O) groups excluding carboxylic acids is 1. The number of ether oxygens (including phenoxy) is 1.